The summed E-state index contributed by atoms with van der Waals surface area (Å²) in [5.41, 5.74) is 4.04. The SMILES string of the molecule is CC(C)c1ccccc1-c1cncc(C=O)c1. The highest BCUT2D eigenvalue weighted by molar-refractivity contribution is 5.78. The second kappa shape index (κ2) is 4.91. The van der Waals surface area contributed by atoms with Crippen molar-refractivity contribution in [3.8, 4) is 11.1 Å². The smallest absolute Gasteiger partial charge is 0.151 e. The minimum atomic E-state index is 0.450. The molecule has 0 aliphatic carbocycles. The molecule has 0 fully saturated rings. The average Bonchev–Trinajstić information content (AvgIpc) is 2.39. The van der Waals surface area contributed by atoms with E-state index in [0.29, 0.717) is 11.5 Å². The van der Waals surface area contributed by atoms with Gasteiger partial charge in [0.2, 0.25) is 0 Å². The van der Waals surface area contributed by atoms with Crippen molar-refractivity contribution in [2.24, 2.45) is 0 Å². The molecule has 2 heteroatoms. The van der Waals surface area contributed by atoms with Gasteiger partial charge in [-0.05, 0) is 23.1 Å². The molecule has 0 saturated carbocycles. The molecule has 0 amide bonds. The summed E-state index contributed by atoms with van der Waals surface area (Å²) in [6, 6.07) is 10.1. The molecule has 0 aliphatic rings. The zero-order valence-corrected chi connectivity index (χ0v) is 10.1. The molecular weight excluding hydrogens is 210 g/mol. The molecule has 1 heterocycles. The van der Waals surface area contributed by atoms with E-state index in [1.165, 1.54) is 5.56 Å². The Labute approximate surface area is 101 Å². The number of nitrogens with zero attached hydrogens (tertiary/aromatic N) is 1. The first-order valence-electron chi connectivity index (χ1n) is 5.72. The summed E-state index contributed by atoms with van der Waals surface area (Å²) in [6.45, 7) is 4.33. The molecule has 0 N–H and O–H groups in total. The molecule has 0 radical (unpaired) electrons. The van der Waals surface area contributed by atoms with E-state index in [0.717, 1.165) is 17.4 Å². The van der Waals surface area contributed by atoms with Gasteiger partial charge >= 0.3 is 0 Å². The average molecular weight is 225 g/mol. The van der Waals surface area contributed by atoms with E-state index in [1.54, 1.807) is 12.4 Å². The lowest BCUT2D eigenvalue weighted by Crippen LogP contribution is -1.93. The van der Waals surface area contributed by atoms with Crippen molar-refractivity contribution in [3.05, 3.63) is 53.9 Å². The minimum Gasteiger partial charge on any atom is -0.298 e. The molecule has 86 valence electrons. The van der Waals surface area contributed by atoms with Gasteiger partial charge in [0.05, 0.1) is 0 Å². The third kappa shape index (κ3) is 2.41. The predicted octanol–water partition coefficient (Wildman–Crippen LogP) is 3.68. The van der Waals surface area contributed by atoms with Crippen LogP contribution in [0.2, 0.25) is 0 Å². The monoisotopic (exact) mass is 225 g/mol. The van der Waals surface area contributed by atoms with E-state index in [1.807, 2.05) is 18.2 Å². The molecule has 1 aromatic heterocycles. The first-order valence-corrected chi connectivity index (χ1v) is 5.72. The van der Waals surface area contributed by atoms with E-state index in [2.05, 4.69) is 31.0 Å². The van der Waals surface area contributed by atoms with Crippen LogP contribution in [0.1, 0.15) is 35.7 Å². The van der Waals surface area contributed by atoms with Gasteiger partial charge in [-0.1, -0.05) is 38.1 Å². The summed E-state index contributed by atoms with van der Waals surface area (Å²) in [7, 11) is 0. The van der Waals surface area contributed by atoms with Crippen LogP contribution in [0.15, 0.2) is 42.7 Å². The number of aromatic nitrogens is 1. The quantitative estimate of drug-likeness (QED) is 0.746. The van der Waals surface area contributed by atoms with Crippen molar-refractivity contribution in [2.45, 2.75) is 19.8 Å². The maximum atomic E-state index is 10.8. The zero-order valence-electron chi connectivity index (χ0n) is 10.1. The number of benzene rings is 1. The lowest BCUT2D eigenvalue weighted by molar-refractivity contribution is 0.112. The Morgan fingerprint density at radius 2 is 1.94 bits per heavy atom. The zero-order chi connectivity index (χ0) is 12.3. The molecule has 0 spiro atoms. The largest absolute Gasteiger partial charge is 0.298 e. The van der Waals surface area contributed by atoms with Gasteiger partial charge in [0.15, 0.2) is 6.29 Å². The van der Waals surface area contributed by atoms with Gasteiger partial charge in [-0.25, -0.2) is 0 Å². The van der Waals surface area contributed by atoms with Gasteiger partial charge < -0.3 is 0 Å². The van der Waals surface area contributed by atoms with Crippen molar-refractivity contribution in [1.82, 2.24) is 4.98 Å². The lowest BCUT2D eigenvalue weighted by atomic mass is 9.93. The van der Waals surface area contributed by atoms with Gasteiger partial charge in [-0.15, -0.1) is 0 Å². The van der Waals surface area contributed by atoms with Crippen LogP contribution >= 0.6 is 0 Å². The van der Waals surface area contributed by atoms with E-state index in [-0.39, 0.29) is 0 Å². The first kappa shape index (κ1) is 11.5. The maximum Gasteiger partial charge on any atom is 0.151 e. The normalized spacial score (nSPS) is 10.5. The molecule has 0 atom stereocenters. The Morgan fingerprint density at radius 1 is 1.18 bits per heavy atom. The van der Waals surface area contributed by atoms with Crippen molar-refractivity contribution >= 4 is 6.29 Å². The van der Waals surface area contributed by atoms with E-state index >= 15 is 0 Å². The van der Waals surface area contributed by atoms with E-state index < -0.39 is 0 Å². The van der Waals surface area contributed by atoms with Gasteiger partial charge in [0, 0.05) is 23.5 Å². The number of aldehydes is 1. The molecular formula is C15H15NO. The van der Waals surface area contributed by atoms with Crippen LogP contribution in [0.5, 0.6) is 0 Å². The molecule has 2 nitrogen and oxygen atoms in total. The number of carbonyl (C=O) groups is 1. The van der Waals surface area contributed by atoms with E-state index in [9.17, 15) is 4.79 Å². The highest BCUT2D eigenvalue weighted by Crippen LogP contribution is 2.28. The summed E-state index contributed by atoms with van der Waals surface area (Å²) < 4.78 is 0. The molecule has 17 heavy (non-hydrogen) atoms. The molecule has 0 saturated heterocycles. The topological polar surface area (TPSA) is 30.0 Å². The predicted molar refractivity (Wildman–Crippen MR) is 69.1 cm³/mol. The first-order chi connectivity index (χ1) is 8.22. The summed E-state index contributed by atoms with van der Waals surface area (Å²) in [5, 5.41) is 0. The minimum absolute atomic E-state index is 0.450. The van der Waals surface area contributed by atoms with Crippen LogP contribution in [-0.4, -0.2) is 11.3 Å². The van der Waals surface area contributed by atoms with Gasteiger partial charge in [0.1, 0.15) is 0 Å². The van der Waals surface area contributed by atoms with Gasteiger partial charge in [-0.3, -0.25) is 9.78 Å². The summed E-state index contributed by atoms with van der Waals surface area (Å²) >= 11 is 0. The molecule has 0 aliphatic heterocycles. The number of pyridine rings is 1. The summed E-state index contributed by atoms with van der Waals surface area (Å²) in [4.78, 5) is 14.9. The lowest BCUT2D eigenvalue weighted by Gasteiger charge is -2.12. The van der Waals surface area contributed by atoms with Crippen LogP contribution in [0.25, 0.3) is 11.1 Å². The van der Waals surface area contributed by atoms with Gasteiger partial charge in [0.25, 0.3) is 0 Å². The van der Waals surface area contributed by atoms with Crippen molar-refractivity contribution in [2.75, 3.05) is 0 Å². The molecule has 2 aromatic rings. The van der Waals surface area contributed by atoms with Crippen LogP contribution in [0.3, 0.4) is 0 Å². The molecule has 0 bridgehead atoms. The Kier molecular flexibility index (Phi) is 3.33. The van der Waals surface area contributed by atoms with Crippen LogP contribution in [-0.2, 0) is 0 Å². The van der Waals surface area contributed by atoms with E-state index in [4.69, 9.17) is 0 Å². The third-order valence-electron chi connectivity index (χ3n) is 2.79. The van der Waals surface area contributed by atoms with Crippen LogP contribution in [0, 0.1) is 0 Å². The third-order valence-corrected chi connectivity index (χ3v) is 2.79. The Hall–Kier alpha value is -1.96. The maximum absolute atomic E-state index is 10.8. The van der Waals surface area contributed by atoms with Gasteiger partial charge in [-0.2, -0.15) is 0 Å². The Balaban J connectivity index is 2.55. The second-order valence-corrected chi connectivity index (χ2v) is 4.37. The molecule has 2 rings (SSSR count). The Morgan fingerprint density at radius 3 is 2.65 bits per heavy atom. The van der Waals surface area contributed by atoms with Crippen molar-refractivity contribution in [3.63, 3.8) is 0 Å². The standard InChI is InChI=1S/C15H15NO/c1-11(2)14-5-3-4-6-15(14)13-7-12(10-17)8-16-9-13/h3-11H,1-2H3. The van der Waals surface area contributed by atoms with Crippen molar-refractivity contribution in [1.29, 1.82) is 0 Å². The molecule has 0 unspecified atom stereocenters. The fraction of sp³-hybridized carbons (Fsp3) is 0.200. The summed E-state index contributed by atoms with van der Waals surface area (Å²) in [5.74, 6) is 0.450. The fourth-order valence-electron chi connectivity index (χ4n) is 1.93. The Bertz CT molecular complexity index is 532. The number of hydrogen-bond donors (Lipinski definition) is 0. The number of carbonyl (C=O) groups excluding carboxylic acids is 1. The number of hydrogen-bond acceptors (Lipinski definition) is 2. The highest BCUT2D eigenvalue weighted by atomic mass is 16.1. The second-order valence-electron chi connectivity index (χ2n) is 4.37. The summed E-state index contributed by atoms with van der Waals surface area (Å²) in [6.07, 6.45) is 4.21. The molecule has 1 aromatic carbocycles. The highest BCUT2D eigenvalue weighted by Gasteiger charge is 2.08. The van der Waals surface area contributed by atoms with Crippen LogP contribution in [0.4, 0.5) is 0 Å². The number of rotatable bonds is 3. The van der Waals surface area contributed by atoms with Crippen LogP contribution < -0.4 is 0 Å². The van der Waals surface area contributed by atoms with Crippen molar-refractivity contribution < 1.29 is 4.79 Å². The fourth-order valence-corrected chi connectivity index (χ4v) is 1.93.